The Hall–Kier alpha value is -2.40. The average molecular weight is 410 g/mol. The van der Waals surface area contributed by atoms with E-state index in [2.05, 4.69) is 56.9 Å². The Morgan fingerprint density at radius 1 is 1.31 bits per heavy atom. The Balaban J connectivity index is 1.91. The van der Waals surface area contributed by atoms with Crippen molar-refractivity contribution in [2.45, 2.75) is 59.9 Å². The van der Waals surface area contributed by atoms with Crippen molar-refractivity contribution in [2.24, 2.45) is 0 Å². The maximum atomic E-state index is 13.8. The number of benzene rings is 1. The van der Waals surface area contributed by atoms with Crippen LogP contribution in [0.1, 0.15) is 57.1 Å². The molecule has 4 rings (SSSR count). The van der Waals surface area contributed by atoms with Gasteiger partial charge in [0.2, 0.25) is 0 Å². The number of nitrogens with zero attached hydrogens (tertiary/aromatic N) is 2. The molecule has 0 bridgehead atoms. The lowest BCUT2D eigenvalue weighted by molar-refractivity contribution is 0.630. The van der Waals surface area contributed by atoms with Gasteiger partial charge in [0.1, 0.15) is 11.5 Å². The molecule has 1 atom stereocenters. The minimum atomic E-state index is -0.192. The zero-order chi connectivity index (χ0) is 20.7. The molecule has 5 heteroatoms. The molecule has 1 aliphatic rings. The standard InChI is InChI=1S/C24H28FN3S/c1-6-8-17(9-7-2)20-12-14(3)27-28-22(16(5)26-24(20)28)23-15(4)19-13-18(25)10-11-21(19)29-23/h8,10-14,27H,6-7,9H2,1-5H3/b17-8+. The first-order valence-corrected chi connectivity index (χ1v) is 11.2. The number of halogens is 1. The summed E-state index contributed by atoms with van der Waals surface area (Å²) in [6.45, 7) is 10.7. The summed E-state index contributed by atoms with van der Waals surface area (Å²) in [7, 11) is 0. The van der Waals surface area contributed by atoms with Gasteiger partial charge in [-0.2, -0.15) is 0 Å². The van der Waals surface area contributed by atoms with Crippen molar-refractivity contribution in [1.82, 2.24) is 9.66 Å². The number of thiophene rings is 1. The Morgan fingerprint density at radius 3 is 2.83 bits per heavy atom. The van der Waals surface area contributed by atoms with Crippen LogP contribution in [0.5, 0.6) is 0 Å². The Bertz CT molecular complexity index is 1130. The van der Waals surface area contributed by atoms with Gasteiger partial charge in [0, 0.05) is 10.3 Å². The van der Waals surface area contributed by atoms with Gasteiger partial charge in [-0.15, -0.1) is 11.3 Å². The first kappa shape index (κ1) is 19.9. The Labute approximate surface area is 175 Å². The molecule has 1 aromatic carbocycles. The van der Waals surface area contributed by atoms with E-state index in [9.17, 15) is 4.39 Å². The summed E-state index contributed by atoms with van der Waals surface area (Å²) in [5, 5.41) is 0.983. The van der Waals surface area contributed by atoms with E-state index in [0.717, 1.165) is 57.0 Å². The second-order valence-electron chi connectivity index (χ2n) is 7.79. The molecular weight excluding hydrogens is 381 g/mol. The lowest BCUT2D eigenvalue weighted by Gasteiger charge is -2.26. The maximum absolute atomic E-state index is 13.8. The zero-order valence-electron chi connectivity index (χ0n) is 17.8. The number of rotatable bonds is 5. The smallest absolute Gasteiger partial charge is 0.159 e. The summed E-state index contributed by atoms with van der Waals surface area (Å²) in [6.07, 6.45) is 7.79. The fourth-order valence-corrected chi connectivity index (χ4v) is 5.48. The van der Waals surface area contributed by atoms with E-state index in [1.165, 1.54) is 17.2 Å². The molecule has 0 fully saturated rings. The molecule has 0 amide bonds. The van der Waals surface area contributed by atoms with E-state index >= 15 is 0 Å². The second kappa shape index (κ2) is 7.79. The number of nitrogens with one attached hydrogen (secondary N) is 1. The van der Waals surface area contributed by atoms with E-state index in [1.807, 2.05) is 6.07 Å². The van der Waals surface area contributed by atoms with Crippen LogP contribution in [0.3, 0.4) is 0 Å². The SMILES string of the molecule is CC/C=C(\CCC)C1=CC(C)Nn2c1nc(C)c2-c1sc2ccc(F)cc2c1C. The number of hydrogen-bond acceptors (Lipinski definition) is 3. The first-order valence-electron chi connectivity index (χ1n) is 10.4. The topological polar surface area (TPSA) is 29.9 Å². The molecule has 1 N–H and O–H groups in total. The summed E-state index contributed by atoms with van der Waals surface area (Å²) in [6, 6.07) is 5.25. The van der Waals surface area contributed by atoms with Crippen LogP contribution in [0, 0.1) is 19.7 Å². The van der Waals surface area contributed by atoms with Crippen LogP contribution in [0.4, 0.5) is 4.39 Å². The molecule has 1 unspecified atom stereocenters. The van der Waals surface area contributed by atoms with E-state index in [1.54, 1.807) is 17.4 Å². The van der Waals surface area contributed by atoms with Crippen LogP contribution >= 0.6 is 11.3 Å². The lowest BCUT2D eigenvalue weighted by atomic mass is 9.97. The Morgan fingerprint density at radius 2 is 2.10 bits per heavy atom. The van der Waals surface area contributed by atoms with E-state index < -0.39 is 0 Å². The summed E-state index contributed by atoms with van der Waals surface area (Å²) in [5.74, 6) is 0.787. The van der Waals surface area contributed by atoms with Crippen LogP contribution in [0.25, 0.3) is 26.2 Å². The van der Waals surface area contributed by atoms with Gasteiger partial charge < -0.3 is 5.43 Å². The number of fused-ring (bicyclic) bond motifs is 2. The maximum Gasteiger partial charge on any atom is 0.159 e. The third-order valence-electron chi connectivity index (χ3n) is 5.47. The van der Waals surface area contributed by atoms with Crippen molar-refractivity contribution in [3.8, 4) is 10.6 Å². The van der Waals surface area contributed by atoms with E-state index in [-0.39, 0.29) is 11.9 Å². The molecule has 29 heavy (non-hydrogen) atoms. The largest absolute Gasteiger partial charge is 0.317 e. The molecule has 0 spiro atoms. The Kier molecular flexibility index (Phi) is 5.34. The molecule has 2 aromatic heterocycles. The van der Waals surface area contributed by atoms with Crippen LogP contribution < -0.4 is 5.43 Å². The van der Waals surface area contributed by atoms with Gasteiger partial charge in [-0.3, -0.25) is 0 Å². The second-order valence-corrected chi connectivity index (χ2v) is 8.84. The summed E-state index contributed by atoms with van der Waals surface area (Å²) >= 11 is 1.71. The zero-order valence-corrected chi connectivity index (χ0v) is 18.6. The number of aromatic nitrogens is 2. The van der Waals surface area contributed by atoms with Crippen molar-refractivity contribution in [3.63, 3.8) is 0 Å². The molecular formula is C24H28FN3S. The van der Waals surface area contributed by atoms with E-state index in [4.69, 9.17) is 4.98 Å². The fourth-order valence-electron chi connectivity index (χ4n) is 4.20. The van der Waals surface area contributed by atoms with Crippen molar-refractivity contribution in [1.29, 1.82) is 0 Å². The minimum Gasteiger partial charge on any atom is -0.317 e. The number of aryl methyl sites for hydroxylation is 2. The van der Waals surface area contributed by atoms with E-state index in [0.29, 0.717) is 0 Å². The molecule has 0 radical (unpaired) electrons. The quantitative estimate of drug-likeness (QED) is 0.492. The molecule has 3 aromatic rings. The van der Waals surface area contributed by atoms with Crippen molar-refractivity contribution in [3.05, 3.63) is 58.8 Å². The summed E-state index contributed by atoms with van der Waals surface area (Å²) < 4.78 is 17.1. The summed E-state index contributed by atoms with van der Waals surface area (Å²) in [4.78, 5) is 6.13. The molecule has 152 valence electrons. The monoisotopic (exact) mass is 409 g/mol. The average Bonchev–Trinajstić information content (AvgIpc) is 3.17. The molecule has 0 saturated carbocycles. The summed E-state index contributed by atoms with van der Waals surface area (Å²) in [5.41, 5.74) is 9.38. The van der Waals surface area contributed by atoms with Crippen molar-refractivity contribution < 1.29 is 4.39 Å². The highest BCUT2D eigenvalue weighted by atomic mass is 32.1. The predicted octanol–water partition coefficient (Wildman–Crippen LogP) is 6.99. The van der Waals surface area contributed by atoms with Crippen molar-refractivity contribution >= 4 is 27.0 Å². The molecule has 1 aliphatic heterocycles. The highest BCUT2D eigenvalue weighted by Crippen LogP contribution is 2.42. The van der Waals surface area contributed by atoms with Gasteiger partial charge in [-0.05, 0) is 74.4 Å². The predicted molar refractivity (Wildman–Crippen MR) is 123 cm³/mol. The van der Waals surface area contributed by atoms with Gasteiger partial charge in [0.05, 0.1) is 16.6 Å². The first-order chi connectivity index (χ1) is 13.9. The van der Waals surface area contributed by atoms with Gasteiger partial charge in [0.15, 0.2) is 5.82 Å². The van der Waals surface area contributed by atoms with Crippen molar-refractivity contribution in [2.75, 3.05) is 5.43 Å². The van der Waals surface area contributed by atoms with Gasteiger partial charge >= 0.3 is 0 Å². The van der Waals surface area contributed by atoms with Crippen LogP contribution in [-0.4, -0.2) is 15.7 Å². The molecule has 0 saturated heterocycles. The third-order valence-corrected chi connectivity index (χ3v) is 6.75. The highest BCUT2D eigenvalue weighted by Gasteiger charge is 2.27. The van der Waals surface area contributed by atoms with Crippen LogP contribution in [0.15, 0.2) is 35.9 Å². The third kappa shape index (κ3) is 3.42. The number of allylic oxidation sites excluding steroid dienone is 3. The van der Waals surface area contributed by atoms with Gasteiger partial charge in [-0.1, -0.05) is 26.3 Å². The van der Waals surface area contributed by atoms with Crippen LogP contribution in [0.2, 0.25) is 0 Å². The lowest BCUT2D eigenvalue weighted by Crippen LogP contribution is -2.30. The fraction of sp³-hybridized carbons (Fsp3) is 0.375. The number of hydrogen-bond donors (Lipinski definition) is 1. The number of imidazole rings is 1. The van der Waals surface area contributed by atoms with Gasteiger partial charge in [-0.25, -0.2) is 14.1 Å². The van der Waals surface area contributed by atoms with Crippen LogP contribution in [-0.2, 0) is 0 Å². The molecule has 3 heterocycles. The molecule has 0 aliphatic carbocycles. The normalized spacial score (nSPS) is 16.7. The highest BCUT2D eigenvalue weighted by molar-refractivity contribution is 7.22. The minimum absolute atomic E-state index is 0.192. The molecule has 3 nitrogen and oxygen atoms in total. The van der Waals surface area contributed by atoms with Gasteiger partial charge in [0.25, 0.3) is 0 Å².